The summed E-state index contributed by atoms with van der Waals surface area (Å²) < 4.78 is 0. The van der Waals surface area contributed by atoms with Crippen LogP contribution in [0.4, 0.5) is 0 Å². The summed E-state index contributed by atoms with van der Waals surface area (Å²) in [6.07, 6.45) is 9.11. The summed E-state index contributed by atoms with van der Waals surface area (Å²) in [6, 6.07) is 0. The van der Waals surface area contributed by atoms with Gasteiger partial charge < -0.3 is 16.4 Å². The molecule has 0 rings (SSSR count). The minimum atomic E-state index is -1.46. The number of carbonyl (C=O) groups excluding carboxylic acids is 2. The molecule has 0 aliphatic carbocycles. The molecule has 0 saturated carbocycles. The molecule has 0 aromatic carbocycles. The van der Waals surface area contributed by atoms with E-state index in [1.54, 1.807) is 6.08 Å². The Morgan fingerprint density at radius 2 is 2.18 bits per heavy atom. The molecule has 2 amide bonds. The van der Waals surface area contributed by atoms with E-state index in [9.17, 15) is 9.59 Å². The zero-order chi connectivity index (χ0) is 13.3. The van der Waals surface area contributed by atoms with Gasteiger partial charge in [0.25, 0.3) is 5.91 Å². The first kappa shape index (κ1) is 15.2. The minimum absolute atomic E-state index is 0.240. The molecule has 0 saturated heterocycles. The van der Waals surface area contributed by atoms with Crippen molar-refractivity contribution in [2.24, 2.45) is 5.73 Å². The van der Waals surface area contributed by atoms with Gasteiger partial charge >= 0.3 is 0 Å². The van der Waals surface area contributed by atoms with E-state index in [-0.39, 0.29) is 12.5 Å². The molecule has 94 valence electrons. The third kappa shape index (κ3) is 4.70. The molecule has 0 fully saturated rings. The van der Waals surface area contributed by atoms with Crippen LogP contribution < -0.4 is 16.4 Å². The Hall–Kier alpha value is -1.80. The molecule has 17 heavy (non-hydrogen) atoms. The largest absolute Gasteiger partial charge is 0.353 e. The molecule has 0 aliphatic rings. The number of hydrogen-bond acceptors (Lipinski definition) is 3. The summed E-state index contributed by atoms with van der Waals surface area (Å²) in [6.45, 7) is 3.96. The van der Waals surface area contributed by atoms with Gasteiger partial charge in [-0.3, -0.25) is 9.59 Å². The molecular formula is C12H19N3O2. The highest BCUT2D eigenvalue weighted by molar-refractivity contribution is 5.96. The summed E-state index contributed by atoms with van der Waals surface area (Å²) in [5.74, 6) is 1.50. The lowest BCUT2D eigenvalue weighted by atomic mass is 9.98. The van der Waals surface area contributed by atoms with Crippen molar-refractivity contribution in [3.05, 3.63) is 12.2 Å². The van der Waals surface area contributed by atoms with Crippen LogP contribution in [0.15, 0.2) is 12.2 Å². The van der Waals surface area contributed by atoms with E-state index in [2.05, 4.69) is 16.6 Å². The Morgan fingerprint density at radius 1 is 1.53 bits per heavy atom. The number of carbonyl (C=O) groups is 2. The monoisotopic (exact) mass is 237 g/mol. The molecule has 5 nitrogen and oxygen atoms in total. The summed E-state index contributed by atoms with van der Waals surface area (Å²) >= 11 is 0. The number of nitrogens with one attached hydrogen (secondary N) is 2. The predicted octanol–water partition coefficient (Wildman–Crippen LogP) is -0.464. The highest BCUT2D eigenvalue weighted by atomic mass is 16.2. The standard InChI is InChI=1S/C12H19N3O2/c1-4-9-14-11(17)12(5-2,7-6-8-13)15-10(3)16/h2,6-7H,4,8-9,13H2,1,3H3,(H,14,17)(H,15,16). The van der Waals surface area contributed by atoms with Crippen molar-refractivity contribution >= 4 is 11.8 Å². The predicted molar refractivity (Wildman–Crippen MR) is 66.9 cm³/mol. The van der Waals surface area contributed by atoms with Crippen molar-refractivity contribution in [3.8, 4) is 12.3 Å². The summed E-state index contributed by atoms with van der Waals surface area (Å²) in [4.78, 5) is 23.0. The average molecular weight is 237 g/mol. The maximum atomic E-state index is 11.9. The van der Waals surface area contributed by atoms with E-state index in [1.807, 2.05) is 6.92 Å². The summed E-state index contributed by atoms with van der Waals surface area (Å²) in [5.41, 5.74) is 3.86. The maximum absolute atomic E-state index is 11.9. The van der Waals surface area contributed by atoms with E-state index < -0.39 is 11.4 Å². The van der Waals surface area contributed by atoms with Crippen LogP contribution in [0.25, 0.3) is 0 Å². The smallest absolute Gasteiger partial charge is 0.262 e. The number of hydrogen-bond donors (Lipinski definition) is 3. The molecule has 1 unspecified atom stereocenters. The van der Waals surface area contributed by atoms with Crippen molar-refractivity contribution in [3.63, 3.8) is 0 Å². The Kier molecular flexibility index (Phi) is 6.68. The van der Waals surface area contributed by atoms with Gasteiger partial charge in [0, 0.05) is 20.0 Å². The van der Waals surface area contributed by atoms with Crippen LogP contribution in [0.3, 0.4) is 0 Å². The molecule has 1 atom stereocenters. The van der Waals surface area contributed by atoms with Gasteiger partial charge in [0.05, 0.1) is 0 Å². The van der Waals surface area contributed by atoms with Crippen molar-refractivity contribution in [1.29, 1.82) is 0 Å². The van der Waals surface area contributed by atoms with E-state index in [0.717, 1.165) is 6.42 Å². The lowest BCUT2D eigenvalue weighted by molar-refractivity contribution is -0.129. The molecule has 5 heteroatoms. The topological polar surface area (TPSA) is 84.2 Å². The third-order valence-corrected chi connectivity index (χ3v) is 2.00. The van der Waals surface area contributed by atoms with Crippen LogP contribution in [0, 0.1) is 12.3 Å². The van der Waals surface area contributed by atoms with Crippen LogP contribution >= 0.6 is 0 Å². The van der Waals surface area contributed by atoms with Crippen LogP contribution in [-0.4, -0.2) is 30.4 Å². The normalized spacial score (nSPS) is 13.8. The highest BCUT2D eigenvalue weighted by Crippen LogP contribution is 2.06. The number of rotatable bonds is 6. The zero-order valence-electron chi connectivity index (χ0n) is 10.2. The molecule has 0 aliphatic heterocycles. The van der Waals surface area contributed by atoms with Gasteiger partial charge in [0.15, 0.2) is 5.54 Å². The van der Waals surface area contributed by atoms with Gasteiger partial charge in [-0.25, -0.2) is 0 Å². The number of terminal acetylenes is 1. The van der Waals surface area contributed by atoms with Crippen molar-refractivity contribution in [2.75, 3.05) is 13.1 Å². The van der Waals surface area contributed by atoms with Gasteiger partial charge in [-0.1, -0.05) is 18.9 Å². The number of amides is 2. The van der Waals surface area contributed by atoms with E-state index >= 15 is 0 Å². The molecule has 0 bridgehead atoms. The Labute approximate surface area is 102 Å². The molecule has 0 heterocycles. The molecular weight excluding hydrogens is 218 g/mol. The molecule has 0 aromatic rings. The van der Waals surface area contributed by atoms with E-state index in [0.29, 0.717) is 6.54 Å². The zero-order valence-corrected chi connectivity index (χ0v) is 10.2. The second kappa shape index (κ2) is 7.47. The maximum Gasteiger partial charge on any atom is 0.262 e. The lowest BCUT2D eigenvalue weighted by Gasteiger charge is -2.24. The van der Waals surface area contributed by atoms with E-state index in [4.69, 9.17) is 12.2 Å². The van der Waals surface area contributed by atoms with E-state index in [1.165, 1.54) is 13.0 Å². The highest BCUT2D eigenvalue weighted by Gasteiger charge is 2.34. The first-order valence-corrected chi connectivity index (χ1v) is 5.45. The first-order valence-electron chi connectivity index (χ1n) is 5.45. The first-order chi connectivity index (χ1) is 8.02. The SMILES string of the molecule is C#CC(C=CCN)(NC(C)=O)C(=O)NCCC. The summed E-state index contributed by atoms with van der Waals surface area (Å²) in [5, 5.41) is 5.11. The fourth-order valence-electron chi connectivity index (χ4n) is 1.22. The van der Waals surface area contributed by atoms with Crippen LogP contribution in [0.5, 0.6) is 0 Å². The third-order valence-electron chi connectivity index (χ3n) is 2.00. The van der Waals surface area contributed by atoms with Gasteiger partial charge in [-0.15, -0.1) is 6.42 Å². The van der Waals surface area contributed by atoms with Crippen molar-refractivity contribution < 1.29 is 9.59 Å². The summed E-state index contributed by atoms with van der Waals surface area (Å²) in [7, 11) is 0. The molecule has 0 spiro atoms. The molecule has 4 N–H and O–H groups in total. The quantitative estimate of drug-likeness (QED) is 0.431. The second-order valence-corrected chi connectivity index (χ2v) is 3.53. The van der Waals surface area contributed by atoms with Gasteiger partial charge in [-0.2, -0.15) is 0 Å². The second-order valence-electron chi connectivity index (χ2n) is 3.53. The fraction of sp³-hybridized carbons (Fsp3) is 0.500. The van der Waals surface area contributed by atoms with Crippen molar-refractivity contribution in [2.45, 2.75) is 25.8 Å². The molecule has 0 radical (unpaired) electrons. The van der Waals surface area contributed by atoms with Gasteiger partial charge in [-0.05, 0) is 12.5 Å². The van der Waals surface area contributed by atoms with Crippen molar-refractivity contribution in [1.82, 2.24) is 10.6 Å². The minimum Gasteiger partial charge on any atom is -0.353 e. The molecule has 0 aromatic heterocycles. The van der Waals surface area contributed by atoms with Gasteiger partial charge in [0.1, 0.15) is 0 Å². The Balaban J connectivity index is 5.04. The van der Waals surface area contributed by atoms with Crippen LogP contribution in [0.2, 0.25) is 0 Å². The lowest BCUT2D eigenvalue weighted by Crippen LogP contribution is -2.56. The van der Waals surface area contributed by atoms with Gasteiger partial charge in [0.2, 0.25) is 5.91 Å². The average Bonchev–Trinajstić information content (AvgIpc) is 2.30. The Bertz CT molecular complexity index is 344. The van der Waals surface area contributed by atoms with Crippen LogP contribution in [0.1, 0.15) is 20.3 Å². The number of nitrogens with two attached hydrogens (primary N) is 1. The fourth-order valence-corrected chi connectivity index (χ4v) is 1.22. The Morgan fingerprint density at radius 3 is 2.59 bits per heavy atom. The van der Waals surface area contributed by atoms with Crippen LogP contribution in [-0.2, 0) is 9.59 Å².